The van der Waals surface area contributed by atoms with Crippen LogP contribution in [0.25, 0.3) is 0 Å². The summed E-state index contributed by atoms with van der Waals surface area (Å²) < 4.78 is 7.93. The number of hydrogen-bond acceptors (Lipinski definition) is 4. The second-order valence-corrected chi connectivity index (χ2v) is 4.37. The Morgan fingerprint density at radius 1 is 1.79 bits per heavy atom. The number of fused-ring (bicyclic) bond motifs is 5. The van der Waals surface area contributed by atoms with E-state index in [1.807, 2.05) is 0 Å². The van der Waals surface area contributed by atoms with Crippen LogP contribution < -0.4 is 0 Å². The maximum Gasteiger partial charge on any atom is 0.147 e. The highest BCUT2D eigenvalue weighted by atomic mass is 127. The number of aliphatic hydroxyl groups is 1. The molecule has 2 aliphatic rings. The van der Waals surface area contributed by atoms with E-state index in [2.05, 4.69) is 32.9 Å². The van der Waals surface area contributed by atoms with E-state index in [0.29, 0.717) is 4.43 Å². The molecule has 0 spiro atoms. The van der Waals surface area contributed by atoms with E-state index >= 15 is 0 Å². The van der Waals surface area contributed by atoms with Gasteiger partial charge in [-0.25, -0.2) is 4.68 Å². The second-order valence-electron chi connectivity index (χ2n) is 3.60. The number of aliphatic hydroxyl groups excluding tert-OH is 1. The van der Waals surface area contributed by atoms with E-state index in [4.69, 9.17) is 12.6 Å². The zero-order chi connectivity index (χ0) is 9.92. The Balaban J connectivity index is 2.22. The van der Waals surface area contributed by atoms with Crippen molar-refractivity contribution in [2.24, 2.45) is 0 Å². The van der Waals surface area contributed by atoms with Crippen LogP contribution in [-0.4, -0.2) is 44.5 Å². The van der Waals surface area contributed by atoms with Crippen LogP contribution in [0.1, 0.15) is 11.7 Å². The minimum Gasteiger partial charge on any atom is -0.387 e. The predicted octanol–water partition coefficient (Wildman–Crippen LogP) is -0.651. The summed E-state index contributed by atoms with van der Waals surface area (Å²) in [4.78, 5) is 0. The molecule has 14 heavy (non-hydrogen) atoms. The van der Waals surface area contributed by atoms with Gasteiger partial charge in [-0.15, -0.1) is 5.10 Å². The van der Waals surface area contributed by atoms with Crippen molar-refractivity contribution < 1.29 is 9.84 Å². The van der Waals surface area contributed by atoms with E-state index in [-0.39, 0.29) is 6.04 Å². The fourth-order valence-electron chi connectivity index (χ4n) is 2.27. The van der Waals surface area contributed by atoms with Crippen LogP contribution in [0.5, 0.6) is 0 Å². The highest BCUT2D eigenvalue weighted by Gasteiger charge is 2.62. The molecule has 0 aliphatic carbocycles. The van der Waals surface area contributed by atoms with Gasteiger partial charge in [-0.1, -0.05) is 27.8 Å². The Hall–Kier alpha value is -0.145. The Labute approximate surface area is 95.4 Å². The Morgan fingerprint density at radius 2 is 2.57 bits per heavy atom. The van der Waals surface area contributed by atoms with Crippen LogP contribution in [0, 0.1) is 0 Å². The van der Waals surface area contributed by atoms with Gasteiger partial charge in [-0.3, -0.25) is 0 Å². The van der Waals surface area contributed by atoms with E-state index in [1.54, 1.807) is 10.9 Å². The van der Waals surface area contributed by atoms with E-state index in [0.717, 1.165) is 5.69 Å². The summed E-state index contributed by atoms with van der Waals surface area (Å²) in [5.74, 6) is 0. The first-order chi connectivity index (χ1) is 6.70. The third-order valence-electron chi connectivity index (χ3n) is 2.97. The fourth-order valence-corrected chi connectivity index (χ4v) is 3.29. The molecule has 2 bridgehead atoms. The summed E-state index contributed by atoms with van der Waals surface area (Å²) in [7, 11) is 5.77. The van der Waals surface area contributed by atoms with E-state index in [1.165, 1.54) is 0 Å². The minimum absolute atomic E-state index is 0.290. The molecule has 3 heterocycles. The molecule has 1 N–H and O–H groups in total. The van der Waals surface area contributed by atoms with Crippen LogP contribution in [0.2, 0.25) is 0 Å². The number of nitrogens with zero attached hydrogens (tertiary/aromatic N) is 3. The molecule has 5 nitrogen and oxygen atoms in total. The first-order valence-corrected chi connectivity index (χ1v) is 5.81. The minimum atomic E-state index is -0.700. The molecule has 0 aromatic carbocycles. The highest BCUT2D eigenvalue weighted by Crippen LogP contribution is 2.51. The Kier molecular flexibility index (Phi) is 1.76. The molecule has 2 radical (unpaired) electrons. The lowest BCUT2D eigenvalue weighted by Gasteiger charge is -2.27. The molecule has 1 aromatic rings. The van der Waals surface area contributed by atoms with Gasteiger partial charge in [0, 0.05) is 10.4 Å². The van der Waals surface area contributed by atoms with Gasteiger partial charge in [0.1, 0.15) is 25.6 Å². The third-order valence-corrected chi connectivity index (χ3v) is 4.11. The highest BCUT2D eigenvalue weighted by molar-refractivity contribution is 14.1. The van der Waals surface area contributed by atoms with Gasteiger partial charge in [0.15, 0.2) is 0 Å². The lowest BCUT2D eigenvalue weighted by atomic mass is 9.90. The Bertz CT molecular complexity index is 387. The number of alkyl halides is 1. The molecule has 3 rings (SSSR count). The molecule has 72 valence electrons. The SMILES string of the molecule is [B][C@@H]1O[C@@]2(CI)c3cnnn3C1C2O. The summed E-state index contributed by atoms with van der Waals surface area (Å²) in [6.07, 6.45) is 1.02. The lowest BCUT2D eigenvalue weighted by Crippen LogP contribution is -2.36. The first kappa shape index (κ1) is 9.11. The van der Waals surface area contributed by atoms with Crippen LogP contribution in [0.3, 0.4) is 0 Å². The quantitative estimate of drug-likeness (QED) is 0.425. The average molecular weight is 303 g/mol. The monoisotopic (exact) mass is 303 g/mol. The van der Waals surface area contributed by atoms with Crippen LogP contribution in [0.4, 0.5) is 0 Å². The van der Waals surface area contributed by atoms with Gasteiger partial charge in [0.05, 0.1) is 11.9 Å². The van der Waals surface area contributed by atoms with Gasteiger partial charge in [-0.2, -0.15) is 0 Å². The molecule has 1 fully saturated rings. The lowest BCUT2D eigenvalue weighted by molar-refractivity contribution is -0.0525. The number of hydrogen-bond donors (Lipinski definition) is 1. The molecule has 7 heteroatoms. The zero-order valence-corrected chi connectivity index (χ0v) is 9.33. The number of ether oxygens (including phenoxy) is 1. The van der Waals surface area contributed by atoms with Crippen LogP contribution in [-0.2, 0) is 10.3 Å². The smallest absolute Gasteiger partial charge is 0.147 e. The zero-order valence-electron chi connectivity index (χ0n) is 7.17. The number of rotatable bonds is 1. The van der Waals surface area contributed by atoms with Crippen molar-refractivity contribution >= 4 is 30.4 Å². The van der Waals surface area contributed by atoms with Crippen LogP contribution in [0.15, 0.2) is 6.20 Å². The van der Waals surface area contributed by atoms with Crippen LogP contribution >= 0.6 is 22.6 Å². The van der Waals surface area contributed by atoms with Crippen molar-refractivity contribution in [3.05, 3.63) is 11.9 Å². The normalized spacial score (nSPS) is 44.3. The number of aromatic nitrogens is 3. The summed E-state index contributed by atoms with van der Waals surface area (Å²) in [5.41, 5.74) is 0.125. The van der Waals surface area contributed by atoms with Crippen molar-refractivity contribution in [3.8, 4) is 0 Å². The fraction of sp³-hybridized carbons (Fsp3) is 0.714. The van der Waals surface area contributed by atoms with Crippen molar-refractivity contribution in [3.63, 3.8) is 0 Å². The van der Waals surface area contributed by atoms with E-state index < -0.39 is 17.7 Å². The molecule has 2 aliphatic heterocycles. The maximum atomic E-state index is 10.1. The summed E-state index contributed by atoms with van der Waals surface area (Å²) in [6.45, 7) is 0. The molecule has 1 aromatic heterocycles. The van der Waals surface area contributed by atoms with Gasteiger partial charge in [0.25, 0.3) is 0 Å². The van der Waals surface area contributed by atoms with Crippen molar-refractivity contribution in [1.29, 1.82) is 0 Å². The van der Waals surface area contributed by atoms with E-state index in [9.17, 15) is 5.11 Å². The topological polar surface area (TPSA) is 60.2 Å². The van der Waals surface area contributed by atoms with Gasteiger partial charge in [0.2, 0.25) is 0 Å². The maximum absolute atomic E-state index is 10.1. The molecule has 0 saturated carbocycles. The van der Waals surface area contributed by atoms with Gasteiger partial charge in [-0.05, 0) is 0 Å². The molecular weight excluding hydrogens is 296 g/mol. The van der Waals surface area contributed by atoms with Crippen molar-refractivity contribution in [1.82, 2.24) is 15.0 Å². The van der Waals surface area contributed by atoms with Crippen molar-refractivity contribution in [2.75, 3.05) is 4.43 Å². The molecule has 4 atom stereocenters. The third kappa shape index (κ3) is 0.797. The summed E-state index contributed by atoms with van der Waals surface area (Å²) in [6, 6.07) is -0.781. The summed E-state index contributed by atoms with van der Waals surface area (Å²) in [5, 5.41) is 17.8. The number of halogens is 1. The average Bonchev–Trinajstić information content (AvgIpc) is 2.76. The molecule has 1 saturated heterocycles. The first-order valence-electron chi connectivity index (χ1n) is 4.29. The standard InChI is InChI=1S/C7H7BIN3O2/c8-6-4-5(13)7(2-9,14-6)3-1-10-11-12(3)4/h1,4-6,13H,2H2/t4?,5?,6-,7+/m1/s1. The second kappa shape index (κ2) is 2.70. The summed E-state index contributed by atoms with van der Waals surface area (Å²) >= 11 is 2.18. The van der Waals surface area contributed by atoms with Crippen molar-refractivity contribution in [2.45, 2.75) is 23.8 Å². The molecule has 0 amide bonds. The predicted molar refractivity (Wildman–Crippen MR) is 56.3 cm³/mol. The molecule has 2 unspecified atom stereocenters. The Morgan fingerprint density at radius 3 is 3.29 bits per heavy atom. The van der Waals surface area contributed by atoms with Gasteiger partial charge >= 0.3 is 0 Å². The molecular formula is C7H7BIN3O2. The largest absolute Gasteiger partial charge is 0.387 e. The van der Waals surface area contributed by atoms with Gasteiger partial charge < -0.3 is 9.84 Å².